The molecule has 0 aliphatic rings. The zero-order valence-corrected chi connectivity index (χ0v) is 15.7. The SMILES string of the molecule is CN=C(NCC(=O)NC(C)(C)C)NCc1ccc(OC)c(OC(F)F)c1. The molecule has 0 unspecified atom stereocenters. The second kappa shape index (κ2) is 9.79. The van der Waals surface area contributed by atoms with Crippen LogP contribution in [0.25, 0.3) is 0 Å². The lowest BCUT2D eigenvalue weighted by molar-refractivity contribution is -0.121. The van der Waals surface area contributed by atoms with Crippen molar-refractivity contribution in [2.45, 2.75) is 39.5 Å². The highest BCUT2D eigenvalue weighted by molar-refractivity contribution is 5.86. The molecular weight excluding hydrogens is 346 g/mol. The highest BCUT2D eigenvalue weighted by Crippen LogP contribution is 2.29. The van der Waals surface area contributed by atoms with Crippen molar-refractivity contribution in [1.29, 1.82) is 0 Å². The van der Waals surface area contributed by atoms with E-state index in [0.29, 0.717) is 18.1 Å². The maximum atomic E-state index is 12.5. The van der Waals surface area contributed by atoms with Gasteiger partial charge in [0.2, 0.25) is 5.91 Å². The van der Waals surface area contributed by atoms with Gasteiger partial charge >= 0.3 is 6.61 Å². The summed E-state index contributed by atoms with van der Waals surface area (Å²) < 4.78 is 34.4. The molecule has 1 aromatic carbocycles. The number of benzene rings is 1. The Kier molecular flexibility index (Phi) is 8.08. The van der Waals surface area contributed by atoms with Crippen LogP contribution in [0.2, 0.25) is 0 Å². The number of nitrogens with one attached hydrogen (secondary N) is 3. The first-order valence-electron chi connectivity index (χ1n) is 8.02. The second-order valence-electron chi connectivity index (χ2n) is 6.44. The number of carbonyl (C=O) groups is 1. The van der Waals surface area contributed by atoms with E-state index in [1.807, 2.05) is 20.8 Å². The molecule has 146 valence electrons. The lowest BCUT2D eigenvalue weighted by Gasteiger charge is -2.21. The summed E-state index contributed by atoms with van der Waals surface area (Å²) in [5.74, 6) is 0.406. The summed E-state index contributed by atoms with van der Waals surface area (Å²) in [5, 5.41) is 8.70. The van der Waals surface area contributed by atoms with Gasteiger partial charge in [-0.05, 0) is 38.5 Å². The fourth-order valence-corrected chi connectivity index (χ4v) is 2.05. The monoisotopic (exact) mass is 372 g/mol. The summed E-state index contributed by atoms with van der Waals surface area (Å²) in [6.07, 6.45) is 0. The summed E-state index contributed by atoms with van der Waals surface area (Å²) >= 11 is 0. The van der Waals surface area contributed by atoms with Gasteiger partial charge in [0.1, 0.15) is 0 Å². The smallest absolute Gasteiger partial charge is 0.387 e. The summed E-state index contributed by atoms with van der Waals surface area (Å²) in [6.45, 7) is 3.08. The number of guanidine groups is 1. The van der Waals surface area contributed by atoms with Crippen LogP contribution in [0.5, 0.6) is 11.5 Å². The Morgan fingerprint density at radius 1 is 1.23 bits per heavy atom. The topological polar surface area (TPSA) is 84.0 Å². The molecule has 0 aliphatic heterocycles. The van der Waals surface area contributed by atoms with Crippen molar-refractivity contribution in [2.24, 2.45) is 4.99 Å². The van der Waals surface area contributed by atoms with Crippen LogP contribution >= 0.6 is 0 Å². The minimum absolute atomic E-state index is 0.0469. The van der Waals surface area contributed by atoms with Crippen molar-refractivity contribution in [1.82, 2.24) is 16.0 Å². The molecule has 0 spiro atoms. The minimum Gasteiger partial charge on any atom is -0.493 e. The van der Waals surface area contributed by atoms with Crippen molar-refractivity contribution in [3.05, 3.63) is 23.8 Å². The van der Waals surface area contributed by atoms with Crippen LogP contribution in [0.4, 0.5) is 8.78 Å². The molecule has 0 fully saturated rings. The number of hydrogen-bond donors (Lipinski definition) is 3. The number of hydrogen-bond acceptors (Lipinski definition) is 4. The van der Waals surface area contributed by atoms with Crippen LogP contribution < -0.4 is 25.4 Å². The number of rotatable bonds is 7. The van der Waals surface area contributed by atoms with Crippen molar-refractivity contribution in [3.63, 3.8) is 0 Å². The minimum atomic E-state index is -2.94. The third-order valence-corrected chi connectivity index (χ3v) is 3.06. The van der Waals surface area contributed by atoms with Crippen molar-refractivity contribution in [3.8, 4) is 11.5 Å². The van der Waals surface area contributed by atoms with Gasteiger partial charge in [-0.25, -0.2) is 0 Å². The molecule has 0 heterocycles. The van der Waals surface area contributed by atoms with E-state index in [4.69, 9.17) is 4.74 Å². The number of alkyl halides is 2. The zero-order chi connectivity index (χ0) is 19.7. The summed E-state index contributed by atoms with van der Waals surface area (Å²) in [6, 6.07) is 4.71. The third kappa shape index (κ3) is 8.00. The second-order valence-corrected chi connectivity index (χ2v) is 6.44. The fraction of sp³-hybridized carbons (Fsp3) is 0.529. The molecule has 1 amide bonds. The molecule has 0 aliphatic carbocycles. The molecule has 1 aromatic rings. The number of amides is 1. The molecule has 26 heavy (non-hydrogen) atoms. The molecular formula is C17H26F2N4O3. The van der Waals surface area contributed by atoms with Crippen molar-refractivity contribution >= 4 is 11.9 Å². The average molecular weight is 372 g/mol. The Bertz CT molecular complexity index is 631. The van der Waals surface area contributed by atoms with Gasteiger partial charge in [0.05, 0.1) is 13.7 Å². The van der Waals surface area contributed by atoms with Crippen LogP contribution in [0.1, 0.15) is 26.3 Å². The standard InChI is InChI=1S/C17H26F2N4O3/c1-17(2,3)23-14(24)10-22-16(20-4)21-9-11-6-7-12(25-5)13(8-11)26-15(18)19/h6-8,15H,9-10H2,1-5H3,(H,23,24)(H2,20,21,22). The highest BCUT2D eigenvalue weighted by atomic mass is 19.3. The maximum absolute atomic E-state index is 12.5. The lowest BCUT2D eigenvalue weighted by Crippen LogP contribution is -2.48. The van der Waals surface area contributed by atoms with Crippen molar-refractivity contribution in [2.75, 3.05) is 20.7 Å². The van der Waals surface area contributed by atoms with Gasteiger partial charge in [-0.2, -0.15) is 8.78 Å². The van der Waals surface area contributed by atoms with E-state index in [-0.39, 0.29) is 29.5 Å². The van der Waals surface area contributed by atoms with Crippen LogP contribution in [0, 0.1) is 0 Å². The first kappa shape index (κ1) is 21.5. The van der Waals surface area contributed by atoms with Gasteiger partial charge in [-0.1, -0.05) is 6.07 Å². The average Bonchev–Trinajstić information content (AvgIpc) is 2.53. The van der Waals surface area contributed by atoms with Gasteiger partial charge in [0, 0.05) is 19.1 Å². The molecule has 3 N–H and O–H groups in total. The van der Waals surface area contributed by atoms with Crippen LogP contribution in [0.3, 0.4) is 0 Å². The predicted octanol–water partition coefficient (Wildman–Crippen LogP) is 1.88. The van der Waals surface area contributed by atoms with Gasteiger partial charge in [0.25, 0.3) is 0 Å². The zero-order valence-electron chi connectivity index (χ0n) is 15.7. The van der Waals surface area contributed by atoms with Gasteiger partial charge in [0.15, 0.2) is 17.5 Å². The normalized spacial score (nSPS) is 11.9. The Morgan fingerprint density at radius 2 is 1.92 bits per heavy atom. The lowest BCUT2D eigenvalue weighted by atomic mass is 10.1. The summed E-state index contributed by atoms with van der Waals surface area (Å²) in [5.41, 5.74) is 0.364. The summed E-state index contributed by atoms with van der Waals surface area (Å²) in [4.78, 5) is 15.8. The van der Waals surface area contributed by atoms with E-state index in [1.165, 1.54) is 13.2 Å². The van der Waals surface area contributed by atoms with Gasteiger partial charge < -0.3 is 25.4 Å². The molecule has 1 rings (SSSR count). The molecule has 0 atom stereocenters. The van der Waals surface area contributed by atoms with Crippen LogP contribution in [-0.2, 0) is 11.3 Å². The Balaban J connectivity index is 2.62. The fourth-order valence-electron chi connectivity index (χ4n) is 2.05. The molecule has 0 saturated carbocycles. The Hall–Kier alpha value is -2.58. The molecule has 7 nitrogen and oxygen atoms in total. The number of halogens is 2. The van der Waals surface area contributed by atoms with Crippen LogP contribution in [0.15, 0.2) is 23.2 Å². The number of nitrogens with zero attached hydrogens (tertiary/aromatic N) is 1. The number of methoxy groups -OCH3 is 1. The predicted molar refractivity (Wildman–Crippen MR) is 95.7 cm³/mol. The highest BCUT2D eigenvalue weighted by Gasteiger charge is 2.14. The molecule has 0 aromatic heterocycles. The first-order chi connectivity index (χ1) is 12.1. The maximum Gasteiger partial charge on any atom is 0.387 e. The van der Waals surface area contributed by atoms with E-state index in [2.05, 4.69) is 25.7 Å². The quantitative estimate of drug-likeness (QED) is 0.503. The third-order valence-electron chi connectivity index (χ3n) is 3.06. The molecule has 9 heteroatoms. The van der Waals surface area contributed by atoms with Crippen molar-refractivity contribution < 1.29 is 23.0 Å². The van der Waals surface area contributed by atoms with Gasteiger partial charge in [-0.3, -0.25) is 9.79 Å². The summed E-state index contributed by atoms with van der Waals surface area (Å²) in [7, 11) is 2.94. The number of carbonyl (C=O) groups excluding carboxylic acids is 1. The Morgan fingerprint density at radius 3 is 2.46 bits per heavy atom. The number of aliphatic imine (C=N–C) groups is 1. The van der Waals surface area contributed by atoms with E-state index < -0.39 is 6.61 Å². The first-order valence-corrected chi connectivity index (χ1v) is 8.02. The van der Waals surface area contributed by atoms with Gasteiger partial charge in [-0.15, -0.1) is 0 Å². The number of ether oxygens (including phenoxy) is 2. The molecule has 0 saturated heterocycles. The molecule has 0 radical (unpaired) electrons. The van der Waals surface area contributed by atoms with Crippen LogP contribution in [-0.4, -0.2) is 44.7 Å². The van der Waals surface area contributed by atoms with E-state index in [1.54, 1.807) is 19.2 Å². The molecule has 0 bridgehead atoms. The largest absolute Gasteiger partial charge is 0.493 e. The van der Waals surface area contributed by atoms with E-state index in [9.17, 15) is 13.6 Å². The van der Waals surface area contributed by atoms with E-state index in [0.717, 1.165) is 0 Å². The Labute approximate surface area is 152 Å². The van der Waals surface area contributed by atoms with E-state index >= 15 is 0 Å².